The van der Waals surface area contributed by atoms with E-state index in [4.69, 9.17) is 23.2 Å². The summed E-state index contributed by atoms with van der Waals surface area (Å²) in [7, 11) is 0. The fraction of sp³-hybridized carbons (Fsp3) is 0. The van der Waals surface area contributed by atoms with Crippen molar-refractivity contribution in [2.24, 2.45) is 0 Å². The second-order valence-corrected chi connectivity index (χ2v) is 3.13. The first-order valence-corrected chi connectivity index (χ1v) is 4.32. The van der Waals surface area contributed by atoms with Crippen molar-refractivity contribution in [2.45, 2.75) is 0 Å². The van der Waals surface area contributed by atoms with Gasteiger partial charge in [-0.1, -0.05) is 23.2 Å². The number of aromatic nitrogens is 4. The van der Waals surface area contributed by atoms with Crippen molar-refractivity contribution >= 4 is 23.2 Å². The van der Waals surface area contributed by atoms with Crippen molar-refractivity contribution < 1.29 is 4.39 Å². The van der Waals surface area contributed by atoms with Crippen molar-refractivity contribution in [2.75, 3.05) is 0 Å². The lowest BCUT2D eigenvalue weighted by molar-refractivity contribution is 0.615. The van der Waals surface area contributed by atoms with Gasteiger partial charge in [0, 0.05) is 6.20 Å². The molecule has 2 aromatic rings. The fourth-order valence-corrected chi connectivity index (χ4v) is 1.28. The van der Waals surface area contributed by atoms with Crippen LogP contribution >= 0.6 is 23.2 Å². The molecule has 0 radical (unpaired) electrons. The van der Waals surface area contributed by atoms with E-state index in [1.54, 1.807) is 6.07 Å². The van der Waals surface area contributed by atoms with Crippen LogP contribution in [0.1, 0.15) is 0 Å². The lowest BCUT2D eigenvalue weighted by Crippen LogP contribution is -1.94. The highest BCUT2D eigenvalue weighted by molar-refractivity contribution is 6.33. The molecule has 0 aliphatic heterocycles. The van der Waals surface area contributed by atoms with Crippen molar-refractivity contribution in [1.29, 1.82) is 0 Å². The van der Waals surface area contributed by atoms with Gasteiger partial charge in [-0.15, -0.1) is 0 Å². The third-order valence-corrected chi connectivity index (χ3v) is 2.01. The number of aromatic amines is 1. The summed E-state index contributed by atoms with van der Waals surface area (Å²) in [5.41, 5.74) is 0.522. The molecule has 72 valence electrons. The van der Waals surface area contributed by atoms with E-state index in [0.29, 0.717) is 5.69 Å². The Morgan fingerprint density at radius 3 is 2.36 bits per heavy atom. The Morgan fingerprint density at radius 2 is 1.86 bits per heavy atom. The van der Waals surface area contributed by atoms with Gasteiger partial charge in [0.1, 0.15) is 5.69 Å². The number of hydrogen-bond acceptors (Lipinski definition) is 3. The average Bonchev–Trinajstić information content (AvgIpc) is 2.66. The van der Waals surface area contributed by atoms with E-state index in [1.807, 2.05) is 0 Å². The summed E-state index contributed by atoms with van der Waals surface area (Å²) < 4.78 is 12.9. The number of hydrogen-bond donors (Lipinski definition) is 1. The van der Waals surface area contributed by atoms with Crippen molar-refractivity contribution in [3.05, 3.63) is 28.4 Å². The molecule has 0 amide bonds. The lowest BCUT2D eigenvalue weighted by atomic mass is 10.4. The molecule has 2 rings (SSSR count). The Hall–Kier alpha value is -1.20. The van der Waals surface area contributed by atoms with Crippen LogP contribution in [0.3, 0.4) is 0 Å². The molecule has 4 nitrogen and oxygen atoms in total. The number of nitrogens with zero attached hydrogens (tertiary/aromatic N) is 3. The standard InChI is InChI=1S/C7H3Cl2FN4/c8-5-4(10)6(9)13-7(12-5)3-1-2-11-14-3/h1-2H,(H,11,14). The Balaban J connectivity index is 2.57. The highest BCUT2D eigenvalue weighted by Crippen LogP contribution is 2.22. The summed E-state index contributed by atoms with van der Waals surface area (Å²) in [6, 6.07) is 1.62. The molecule has 0 bridgehead atoms. The van der Waals surface area contributed by atoms with Crippen LogP contribution in [0, 0.1) is 5.82 Å². The first kappa shape index (κ1) is 9.36. The zero-order valence-electron chi connectivity index (χ0n) is 6.63. The predicted molar refractivity (Wildman–Crippen MR) is 49.6 cm³/mol. The fourth-order valence-electron chi connectivity index (χ4n) is 0.895. The lowest BCUT2D eigenvalue weighted by Gasteiger charge is -1.99. The molecule has 0 unspecified atom stereocenters. The highest BCUT2D eigenvalue weighted by Gasteiger charge is 2.12. The van der Waals surface area contributed by atoms with E-state index in [-0.39, 0.29) is 16.1 Å². The van der Waals surface area contributed by atoms with Crippen LogP contribution in [-0.4, -0.2) is 20.2 Å². The van der Waals surface area contributed by atoms with Crippen LogP contribution in [-0.2, 0) is 0 Å². The summed E-state index contributed by atoms with van der Waals surface area (Å²) in [6.07, 6.45) is 1.52. The average molecular weight is 233 g/mol. The van der Waals surface area contributed by atoms with Gasteiger partial charge in [0.15, 0.2) is 21.9 Å². The van der Waals surface area contributed by atoms with E-state index in [9.17, 15) is 4.39 Å². The Morgan fingerprint density at radius 1 is 1.21 bits per heavy atom. The molecule has 0 saturated heterocycles. The molecule has 0 spiro atoms. The molecule has 0 aromatic carbocycles. The maximum Gasteiger partial charge on any atom is 0.197 e. The van der Waals surface area contributed by atoms with E-state index in [1.165, 1.54) is 6.20 Å². The number of H-pyrrole nitrogens is 1. The van der Waals surface area contributed by atoms with Crippen LogP contribution in [0.2, 0.25) is 10.3 Å². The maximum atomic E-state index is 12.9. The molecule has 0 aliphatic carbocycles. The van der Waals surface area contributed by atoms with Gasteiger partial charge in [-0.3, -0.25) is 5.10 Å². The van der Waals surface area contributed by atoms with Crippen LogP contribution in [0.4, 0.5) is 4.39 Å². The van der Waals surface area contributed by atoms with E-state index in [0.717, 1.165) is 0 Å². The Labute approximate surface area is 88.1 Å². The van der Waals surface area contributed by atoms with Gasteiger partial charge in [-0.2, -0.15) is 5.10 Å². The third kappa shape index (κ3) is 1.56. The van der Waals surface area contributed by atoms with Gasteiger partial charge in [0.25, 0.3) is 0 Å². The molecule has 7 heteroatoms. The summed E-state index contributed by atoms with van der Waals surface area (Å²) >= 11 is 11.0. The molecule has 0 fully saturated rings. The minimum absolute atomic E-state index is 0.207. The van der Waals surface area contributed by atoms with Gasteiger partial charge < -0.3 is 0 Å². The van der Waals surface area contributed by atoms with Crippen molar-refractivity contribution in [3.8, 4) is 11.5 Å². The summed E-state index contributed by atoms with van der Waals surface area (Å²) in [4.78, 5) is 7.40. The SMILES string of the molecule is Fc1c(Cl)nc(-c2ccn[nH]2)nc1Cl. The van der Waals surface area contributed by atoms with E-state index in [2.05, 4.69) is 20.2 Å². The van der Waals surface area contributed by atoms with Crippen LogP contribution in [0.25, 0.3) is 11.5 Å². The van der Waals surface area contributed by atoms with Gasteiger partial charge in [0.2, 0.25) is 0 Å². The zero-order chi connectivity index (χ0) is 10.1. The molecule has 0 atom stereocenters. The van der Waals surface area contributed by atoms with Crippen LogP contribution in [0.5, 0.6) is 0 Å². The second-order valence-electron chi connectivity index (χ2n) is 2.41. The molecule has 2 heterocycles. The molecule has 2 aromatic heterocycles. The summed E-state index contributed by atoms with van der Waals surface area (Å²) in [5, 5.41) is 5.69. The minimum atomic E-state index is -0.823. The number of halogens is 3. The van der Waals surface area contributed by atoms with Crippen LogP contribution in [0.15, 0.2) is 12.3 Å². The number of nitrogens with one attached hydrogen (secondary N) is 1. The molecular formula is C7H3Cl2FN4. The number of rotatable bonds is 1. The third-order valence-electron chi connectivity index (χ3n) is 1.51. The monoisotopic (exact) mass is 232 g/mol. The normalized spacial score (nSPS) is 10.5. The molecular weight excluding hydrogens is 230 g/mol. The largest absolute Gasteiger partial charge is 0.275 e. The summed E-state index contributed by atoms with van der Waals surface area (Å²) in [6.45, 7) is 0. The smallest absolute Gasteiger partial charge is 0.197 e. The van der Waals surface area contributed by atoms with Gasteiger partial charge in [-0.25, -0.2) is 14.4 Å². The van der Waals surface area contributed by atoms with Gasteiger partial charge >= 0.3 is 0 Å². The quantitative estimate of drug-likeness (QED) is 0.769. The highest BCUT2D eigenvalue weighted by atomic mass is 35.5. The zero-order valence-corrected chi connectivity index (χ0v) is 8.14. The Kier molecular flexibility index (Phi) is 2.35. The first-order chi connectivity index (χ1) is 6.68. The first-order valence-electron chi connectivity index (χ1n) is 3.57. The Bertz CT molecular complexity index is 434. The molecule has 0 saturated carbocycles. The minimum Gasteiger partial charge on any atom is -0.275 e. The maximum absolute atomic E-state index is 12.9. The topological polar surface area (TPSA) is 54.5 Å². The van der Waals surface area contributed by atoms with Crippen molar-refractivity contribution in [1.82, 2.24) is 20.2 Å². The molecule has 0 aliphatic rings. The molecule has 1 N–H and O–H groups in total. The van der Waals surface area contributed by atoms with Crippen molar-refractivity contribution in [3.63, 3.8) is 0 Å². The van der Waals surface area contributed by atoms with E-state index >= 15 is 0 Å². The van der Waals surface area contributed by atoms with Gasteiger partial charge in [0.05, 0.1) is 0 Å². The molecule has 14 heavy (non-hydrogen) atoms. The second kappa shape index (κ2) is 3.51. The summed E-state index contributed by atoms with van der Waals surface area (Å²) in [5.74, 6) is -0.615. The predicted octanol–water partition coefficient (Wildman–Crippen LogP) is 2.31. The van der Waals surface area contributed by atoms with Gasteiger partial charge in [-0.05, 0) is 6.07 Å². The van der Waals surface area contributed by atoms with Crippen LogP contribution < -0.4 is 0 Å². The van der Waals surface area contributed by atoms with E-state index < -0.39 is 5.82 Å².